The Labute approximate surface area is 110 Å². The monoisotopic (exact) mass is 262 g/mol. The van der Waals surface area contributed by atoms with Crippen LogP contribution in [0.1, 0.15) is 10.4 Å². The van der Waals surface area contributed by atoms with Crippen molar-refractivity contribution in [3.8, 4) is 16.9 Å². The summed E-state index contributed by atoms with van der Waals surface area (Å²) >= 11 is 0. The summed E-state index contributed by atoms with van der Waals surface area (Å²) in [6.07, 6.45) is 3.37. The second kappa shape index (κ2) is 6.01. The van der Waals surface area contributed by atoms with Crippen LogP contribution in [0.5, 0.6) is 5.75 Å². The van der Waals surface area contributed by atoms with E-state index >= 15 is 0 Å². The predicted molar refractivity (Wildman–Crippen MR) is 67.9 cm³/mol. The molecule has 0 fully saturated rings. The second-order valence-corrected chi connectivity index (χ2v) is 3.76. The predicted octanol–water partition coefficient (Wildman–Crippen LogP) is 1.23. The number of aliphatic hydroxyl groups is 1. The van der Waals surface area contributed by atoms with Crippen LogP contribution in [0.3, 0.4) is 0 Å². The zero-order valence-corrected chi connectivity index (χ0v) is 10.4. The fraction of sp³-hybridized carbons (Fsp3) is 0.231. The number of benzene rings is 1. The Morgan fingerprint density at radius 1 is 1.47 bits per heavy atom. The van der Waals surface area contributed by atoms with Crippen LogP contribution in [-0.2, 0) is 4.74 Å². The largest absolute Gasteiger partial charge is 0.491 e. The molecule has 1 heterocycles. The number of H-pyrrole nitrogens is 1. The van der Waals surface area contributed by atoms with Gasteiger partial charge in [-0.15, -0.1) is 0 Å². The van der Waals surface area contributed by atoms with Crippen molar-refractivity contribution in [3.05, 3.63) is 36.2 Å². The Morgan fingerprint density at radius 3 is 2.95 bits per heavy atom. The van der Waals surface area contributed by atoms with E-state index in [0.29, 0.717) is 11.3 Å². The van der Waals surface area contributed by atoms with Crippen LogP contribution < -0.4 is 4.74 Å². The van der Waals surface area contributed by atoms with E-state index in [1.165, 1.54) is 7.11 Å². The molecule has 100 valence electrons. The average molecular weight is 262 g/mol. The van der Waals surface area contributed by atoms with Crippen LogP contribution >= 0.6 is 0 Å². The van der Waals surface area contributed by atoms with Crippen molar-refractivity contribution in [1.82, 2.24) is 10.2 Å². The number of carbonyl (C=O) groups is 1. The molecule has 2 N–H and O–H groups in total. The van der Waals surface area contributed by atoms with Gasteiger partial charge in [-0.3, -0.25) is 5.10 Å². The lowest BCUT2D eigenvalue weighted by Gasteiger charge is -2.11. The highest BCUT2D eigenvalue weighted by molar-refractivity contribution is 5.91. The van der Waals surface area contributed by atoms with Crippen LogP contribution in [0.4, 0.5) is 0 Å². The van der Waals surface area contributed by atoms with Crippen molar-refractivity contribution in [2.45, 2.75) is 0 Å². The van der Waals surface area contributed by atoms with Gasteiger partial charge >= 0.3 is 5.97 Å². The van der Waals surface area contributed by atoms with Gasteiger partial charge in [0.15, 0.2) is 0 Å². The average Bonchev–Trinajstić information content (AvgIpc) is 2.97. The molecule has 0 radical (unpaired) electrons. The van der Waals surface area contributed by atoms with Gasteiger partial charge in [0, 0.05) is 17.3 Å². The lowest BCUT2D eigenvalue weighted by molar-refractivity contribution is 0.0600. The van der Waals surface area contributed by atoms with Crippen LogP contribution in [0, 0.1) is 0 Å². The molecule has 0 aliphatic heterocycles. The number of aliphatic hydroxyl groups excluding tert-OH is 1. The molecule has 19 heavy (non-hydrogen) atoms. The van der Waals surface area contributed by atoms with Crippen molar-refractivity contribution < 1.29 is 19.4 Å². The maximum absolute atomic E-state index is 11.5. The molecular formula is C13H14N2O4. The fourth-order valence-electron chi connectivity index (χ4n) is 1.68. The van der Waals surface area contributed by atoms with Crippen LogP contribution in [0.25, 0.3) is 11.1 Å². The number of hydrogen-bond donors (Lipinski definition) is 2. The third-order valence-corrected chi connectivity index (χ3v) is 2.56. The number of hydrogen-bond acceptors (Lipinski definition) is 5. The Bertz CT molecular complexity index is 552. The van der Waals surface area contributed by atoms with E-state index in [2.05, 4.69) is 14.9 Å². The number of nitrogens with zero attached hydrogens (tertiary/aromatic N) is 1. The number of rotatable bonds is 5. The zero-order valence-electron chi connectivity index (χ0n) is 10.4. The normalized spacial score (nSPS) is 10.2. The van der Waals surface area contributed by atoms with Gasteiger partial charge in [0.25, 0.3) is 0 Å². The minimum atomic E-state index is -0.437. The summed E-state index contributed by atoms with van der Waals surface area (Å²) in [5, 5.41) is 15.4. The van der Waals surface area contributed by atoms with Gasteiger partial charge in [-0.1, -0.05) is 0 Å². The van der Waals surface area contributed by atoms with E-state index < -0.39 is 5.97 Å². The van der Waals surface area contributed by atoms with Gasteiger partial charge in [-0.05, 0) is 18.2 Å². The summed E-state index contributed by atoms with van der Waals surface area (Å²) in [6, 6.07) is 4.99. The summed E-state index contributed by atoms with van der Waals surface area (Å²) in [6.45, 7) is 0.0444. The molecule has 0 bridgehead atoms. The summed E-state index contributed by atoms with van der Waals surface area (Å²) in [7, 11) is 1.32. The fourth-order valence-corrected chi connectivity index (χ4v) is 1.68. The molecule has 0 amide bonds. The van der Waals surface area contributed by atoms with Crippen molar-refractivity contribution in [2.75, 3.05) is 20.3 Å². The highest BCUT2D eigenvalue weighted by Crippen LogP contribution is 2.30. The molecular weight excluding hydrogens is 248 g/mol. The molecule has 6 heteroatoms. The first-order chi connectivity index (χ1) is 9.26. The molecule has 0 aliphatic carbocycles. The number of aromatic nitrogens is 2. The van der Waals surface area contributed by atoms with Crippen molar-refractivity contribution >= 4 is 5.97 Å². The molecule has 0 spiro atoms. The lowest BCUT2D eigenvalue weighted by atomic mass is 10.1. The Hall–Kier alpha value is -2.34. The molecule has 1 aromatic heterocycles. The highest BCUT2D eigenvalue weighted by Gasteiger charge is 2.12. The summed E-state index contributed by atoms with van der Waals surface area (Å²) in [4.78, 5) is 11.5. The van der Waals surface area contributed by atoms with Crippen molar-refractivity contribution in [3.63, 3.8) is 0 Å². The molecule has 0 aliphatic rings. The molecule has 0 unspecified atom stereocenters. The van der Waals surface area contributed by atoms with Crippen molar-refractivity contribution in [2.24, 2.45) is 0 Å². The number of ether oxygens (including phenoxy) is 2. The van der Waals surface area contributed by atoms with Gasteiger partial charge in [0.05, 0.1) is 25.5 Å². The van der Waals surface area contributed by atoms with Gasteiger partial charge in [0.1, 0.15) is 12.4 Å². The number of aromatic amines is 1. The molecule has 2 rings (SSSR count). The zero-order chi connectivity index (χ0) is 13.7. The molecule has 0 saturated carbocycles. The molecule has 6 nitrogen and oxygen atoms in total. The van der Waals surface area contributed by atoms with Crippen LogP contribution in [-0.4, -0.2) is 41.6 Å². The Kier molecular flexibility index (Phi) is 4.15. The van der Waals surface area contributed by atoms with Gasteiger partial charge in [-0.25, -0.2) is 4.79 Å². The van der Waals surface area contributed by atoms with E-state index in [9.17, 15) is 4.79 Å². The number of nitrogens with one attached hydrogen (secondary N) is 1. The smallest absolute Gasteiger partial charge is 0.337 e. The van der Waals surface area contributed by atoms with E-state index in [1.807, 2.05) is 0 Å². The Morgan fingerprint density at radius 2 is 2.32 bits per heavy atom. The van der Waals surface area contributed by atoms with Crippen LogP contribution in [0.2, 0.25) is 0 Å². The van der Waals surface area contributed by atoms with Gasteiger partial charge < -0.3 is 14.6 Å². The minimum Gasteiger partial charge on any atom is -0.491 e. The molecule has 1 aromatic carbocycles. The van der Waals surface area contributed by atoms with E-state index in [1.54, 1.807) is 30.6 Å². The summed E-state index contributed by atoms with van der Waals surface area (Å²) in [5.41, 5.74) is 2.02. The number of esters is 1. The van der Waals surface area contributed by atoms with Crippen LogP contribution in [0.15, 0.2) is 30.6 Å². The third-order valence-electron chi connectivity index (χ3n) is 2.56. The first-order valence-corrected chi connectivity index (χ1v) is 5.71. The first-order valence-electron chi connectivity index (χ1n) is 5.71. The molecule has 0 saturated heterocycles. The number of carbonyl (C=O) groups excluding carboxylic acids is 1. The van der Waals surface area contributed by atoms with Gasteiger partial charge in [0.2, 0.25) is 0 Å². The molecule has 0 atom stereocenters. The van der Waals surface area contributed by atoms with E-state index in [4.69, 9.17) is 9.84 Å². The third kappa shape index (κ3) is 2.92. The SMILES string of the molecule is COC(=O)c1ccc(-c2cn[nH]c2)c(OCCO)c1. The second-order valence-electron chi connectivity index (χ2n) is 3.76. The number of methoxy groups -OCH3 is 1. The Balaban J connectivity index is 2.39. The van der Waals surface area contributed by atoms with Gasteiger partial charge in [-0.2, -0.15) is 5.10 Å². The van der Waals surface area contributed by atoms with E-state index in [0.717, 1.165) is 11.1 Å². The van der Waals surface area contributed by atoms with E-state index in [-0.39, 0.29) is 13.2 Å². The summed E-state index contributed by atoms with van der Waals surface area (Å²) in [5.74, 6) is 0.0611. The highest BCUT2D eigenvalue weighted by atomic mass is 16.5. The minimum absolute atomic E-state index is 0.104. The summed E-state index contributed by atoms with van der Waals surface area (Å²) < 4.78 is 10.1. The topological polar surface area (TPSA) is 84.4 Å². The quantitative estimate of drug-likeness (QED) is 0.792. The molecule has 2 aromatic rings. The standard InChI is InChI=1S/C13H14N2O4/c1-18-13(17)9-2-3-11(10-7-14-15-8-10)12(6-9)19-5-4-16/h2-3,6-8,16H,4-5H2,1H3,(H,14,15). The van der Waals surface area contributed by atoms with Crippen molar-refractivity contribution in [1.29, 1.82) is 0 Å². The lowest BCUT2D eigenvalue weighted by Crippen LogP contribution is -2.05. The maximum Gasteiger partial charge on any atom is 0.337 e. The first kappa shape index (κ1) is 13.1. The maximum atomic E-state index is 11.5.